The smallest absolute Gasteiger partial charge is 0.203 e. The molecule has 3 rings (SSSR count). The minimum Gasteiger partial charge on any atom is -0.342 e. The van der Waals surface area contributed by atoms with Crippen LogP contribution in [0.25, 0.3) is 11.3 Å². The van der Waals surface area contributed by atoms with Crippen LogP contribution in [0.1, 0.15) is 21.4 Å². The van der Waals surface area contributed by atoms with E-state index in [0.29, 0.717) is 15.7 Å². The number of H-pyrrole nitrogens is 1. The Morgan fingerprint density at radius 3 is 2.54 bits per heavy atom. The number of hydrogen-bond donors (Lipinski definition) is 1. The van der Waals surface area contributed by atoms with Crippen LogP contribution in [0.5, 0.6) is 0 Å². The van der Waals surface area contributed by atoms with Gasteiger partial charge in [0, 0.05) is 16.0 Å². The zero-order chi connectivity index (χ0) is 17.3. The third-order valence-corrected chi connectivity index (χ3v) is 5.15. The van der Waals surface area contributed by atoms with Crippen molar-refractivity contribution in [3.63, 3.8) is 0 Å². The lowest BCUT2D eigenvalue weighted by Crippen LogP contribution is -2.11. The Kier molecular flexibility index (Phi) is 4.93. The zero-order valence-corrected chi connectivity index (χ0v) is 15.0. The van der Waals surface area contributed by atoms with Crippen LogP contribution >= 0.6 is 46.1 Å². The highest BCUT2D eigenvalue weighted by Gasteiger charge is 2.27. The first kappa shape index (κ1) is 17.0. The summed E-state index contributed by atoms with van der Waals surface area (Å²) in [6, 6.07) is 10.6. The van der Waals surface area contributed by atoms with Crippen molar-refractivity contribution in [3.8, 4) is 17.3 Å². The number of ketones is 1. The van der Waals surface area contributed by atoms with Gasteiger partial charge in [-0.05, 0) is 18.2 Å². The van der Waals surface area contributed by atoms with Crippen molar-refractivity contribution < 1.29 is 4.79 Å². The van der Waals surface area contributed by atoms with Crippen LogP contribution in [0.15, 0.2) is 35.7 Å². The van der Waals surface area contributed by atoms with E-state index >= 15 is 0 Å². The fraction of sp³-hybridized carbons (Fsp3) is 0.0625. The van der Waals surface area contributed by atoms with Gasteiger partial charge in [0.15, 0.2) is 5.92 Å². The van der Waals surface area contributed by atoms with E-state index in [-0.39, 0.29) is 15.9 Å². The molecule has 120 valence electrons. The zero-order valence-electron chi connectivity index (χ0n) is 11.9. The van der Waals surface area contributed by atoms with Gasteiger partial charge in [-0.2, -0.15) is 5.26 Å². The topological polar surface area (TPSA) is 69.5 Å². The van der Waals surface area contributed by atoms with Gasteiger partial charge in [-0.3, -0.25) is 4.79 Å². The Hall–Kier alpha value is -1.84. The van der Waals surface area contributed by atoms with Crippen LogP contribution in [0.2, 0.25) is 15.2 Å². The predicted molar refractivity (Wildman–Crippen MR) is 96.1 cm³/mol. The molecule has 8 heteroatoms. The lowest BCUT2D eigenvalue weighted by atomic mass is 10.0. The summed E-state index contributed by atoms with van der Waals surface area (Å²) in [6.45, 7) is 0. The molecule has 0 saturated carbocycles. The van der Waals surface area contributed by atoms with E-state index in [1.54, 1.807) is 17.5 Å². The molecule has 1 N–H and O–H groups in total. The van der Waals surface area contributed by atoms with Crippen LogP contribution in [0.4, 0.5) is 0 Å². The van der Waals surface area contributed by atoms with Gasteiger partial charge in [-0.1, -0.05) is 46.9 Å². The van der Waals surface area contributed by atoms with Crippen LogP contribution < -0.4 is 0 Å². The number of nitrogens with zero attached hydrogens (tertiary/aromatic N) is 2. The number of thiazole rings is 1. The SMILES string of the molecule is N#CC(C(=O)c1cc(Cl)c(Cl)[nH]1)c1nc(-c2ccc(Cl)cc2)cs1. The molecule has 4 nitrogen and oxygen atoms in total. The van der Waals surface area contributed by atoms with Crippen molar-refractivity contribution in [1.82, 2.24) is 9.97 Å². The quantitative estimate of drug-likeness (QED) is 0.584. The van der Waals surface area contributed by atoms with Crippen LogP contribution in [-0.2, 0) is 0 Å². The molecule has 2 heterocycles. The lowest BCUT2D eigenvalue weighted by molar-refractivity contribution is 0.0974. The van der Waals surface area contributed by atoms with E-state index in [0.717, 1.165) is 5.56 Å². The van der Waals surface area contributed by atoms with E-state index in [9.17, 15) is 10.1 Å². The maximum absolute atomic E-state index is 12.5. The summed E-state index contributed by atoms with van der Waals surface area (Å²) >= 11 is 18.8. The molecule has 0 radical (unpaired) electrons. The maximum Gasteiger partial charge on any atom is 0.203 e. The first-order chi connectivity index (χ1) is 11.5. The van der Waals surface area contributed by atoms with E-state index in [2.05, 4.69) is 9.97 Å². The average Bonchev–Trinajstić information content (AvgIpc) is 3.17. The van der Waals surface area contributed by atoms with Gasteiger partial charge < -0.3 is 4.98 Å². The highest BCUT2D eigenvalue weighted by atomic mass is 35.5. The van der Waals surface area contributed by atoms with Crippen molar-refractivity contribution in [2.75, 3.05) is 0 Å². The number of carbonyl (C=O) groups is 1. The van der Waals surface area contributed by atoms with Gasteiger partial charge in [0.25, 0.3) is 0 Å². The molecule has 0 aliphatic heterocycles. The van der Waals surface area contributed by atoms with E-state index in [1.807, 2.05) is 18.2 Å². The van der Waals surface area contributed by atoms with E-state index < -0.39 is 11.7 Å². The van der Waals surface area contributed by atoms with Gasteiger partial charge in [0.2, 0.25) is 5.78 Å². The lowest BCUT2D eigenvalue weighted by Gasteiger charge is -2.03. The second-order valence-corrected chi connectivity index (χ2v) is 6.96. The summed E-state index contributed by atoms with van der Waals surface area (Å²) in [6.07, 6.45) is 0. The third kappa shape index (κ3) is 3.33. The normalized spacial score (nSPS) is 11.9. The number of aromatic amines is 1. The number of rotatable bonds is 4. The fourth-order valence-corrected chi connectivity index (χ4v) is 3.40. The minimum absolute atomic E-state index is 0.165. The van der Waals surface area contributed by atoms with Gasteiger partial charge >= 0.3 is 0 Å². The summed E-state index contributed by atoms with van der Waals surface area (Å²) in [5.74, 6) is -1.45. The summed E-state index contributed by atoms with van der Waals surface area (Å²) in [5.41, 5.74) is 1.72. The largest absolute Gasteiger partial charge is 0.342 e. The third-order valence-electron chi connectivity index (χ3n) is 3.29. The Bertz CT molecular complexity index is 921. The Morgan fingerprint density at radius 1 is 1.25 bits per heavy atom. The van der Waals surface area contributed by atoms with Gasteiger partial charge in [0.05, 0.1) is 22.5 Å². The number of aromatic nitrogens is 2. The predicted octanol–water partition coefficient (Wildman–Crippen LogP) is 5.59. The number of hydrogen-bond acceptors (Lipinski definition) is 4. The number of benzene rings is 1. The van der Waals surface area contributed by atoms with Crippen molar-refractivity contribution in [2.24, 2.45) is 0 Å². The molecule has 0 spiro atoms. The highest BCUT2D eigenvalue weighted by molar-refractivity contribution is 7.10. The van der Waals surface area contributed by atoms with Crippen molar-refractivity contribution in [3.05, 3.63) is 61.6 Å². The Balaban J connectivity index is 1.90. The highest BCUT2D eigenvalue weighted by Crippen LogP contribution is 2.30. The van der Waals surface area contributed by atoms with Crippen molar-refractivity contribution in [2.45, 2.75) is 5.92 Å². The number of carbonyl (C=O) groups excluding carboxylic acids is 1. The van der Waals surface area contributed by atoms with Gasteiger partial charge in [0.1, 0.15) is 10.2 Å². The van der Waals surface area contributed by atoms with Crippen LogP contribution in [-0.4, -0.2) is 15.8 Å². The van der Waals surface area contributed by atoms with Crippen LogP contribution in [0.3, 0.4) is 0 Å². The molecule has 0 aliphatic carbocycles. The summed E-state index contributed by atoms with van der Waals surface area (Å²) in [4.78, 5) is 19.6. The number of nitriles is 1. The summed E-state index contributed by atoms with van der Waals surface area (Å²) in [7, 11) is 0. The van der Waals surface area contributed by atoms with Crippen molar-refractivity contribution >= 4 is 51.9 Å². The van der Waals surface area contributed by atoms with Crippen LogP contribution in [0, 0.1) is 11.3 Å². The minimum atomic E-state index is -1.03. The van der Waals surface area contributed by atoms with Gasteiger partial charge in [-0.15, -0.1) is 11.3 Å². The standard InChI is InChI=1S/C16H8Cl3N3OS/c17-9-3-1-8(2-4-9)13-7-24-16(22-13)10(6-20)14(23)12-5-11(18)15(19)21-12/h1-5,7,10,21H. The Labute approximate surface area is 156 Å². The number of Topliss-reactive ketones (excluding diaryl/α,β-unsaturated/α-hetero) is 1. The molecular formula is C16H8Cl3N3OS. The molecule has 0 bridgehead atoms. The second kappa shape index (κ2) is 6.96. The molecule has 0 aliphatic rings. The van der Waals surface area contributed by atoms with Gasteiger partial charge in [-0.25, -0.2) is 4.98 Å². The number of nitrogens with one attached hydrogen (secondary N) is 1. The van der Waals surface area contributed by atoms with Crippen molar-refractivity contribution in [1.29, 1.82) is 5.26 Å². The molecule has 24 heavy (non-hydrogen) atoms. The summed E-state index contributed by atoms with van der Waals surface area (Å²) in [5, 5.41) is 12.6. The Morgan fingerprint density at radius 2 is 1.96 bits per heavy atom. The molecule has 0 fully saturated rings. The molecule has 1 atom stereocenters. The second-order valence-electron chi connectivity index (χ2n) is 4.85. The molecule has 1 aromatic carbocycles. The maximum atomic E-state index is 12.5. The first-order valence-electron chi connectivity index (χ1n) is 6.69. The molecular weight excluding hydrogens is 389 g/mol. The molecule has 0 amide bonds. The fourth-order valence-electron chi connectivity index (χ4n) is 2.09. The molecule has 0 saturated heterocycles. The monoisotopic (exact) mass is 395 g/mol. The van der Waals surface area contributed by atoms with E-state index in [4.69, 9.17) is 34.8 Å². The molecule has 3 aromatic rings. The molecule has 1 unspecified atom stereocenters. The van der Waals surface area contributed by atoms with E-state index in [1.165, 1.54) is 17.4 Å². The molecule has 2 aromatic heterocycles. The average molecular weight is 397 g/mol. The number of halogens is 3. The first-order valence-corrected chi connectivity index (χ1v) is 8.70. The summed E-state index contributed by atoms with van der Waals surface area (Å²) < 4.78 is 0.